The number of nitrogen functional groups attached to an aromatic ring is 1. The minimum atomic E-state index is -4.50. The molecule has 0 fully saturated rings. The number of rotatable bonds is 3. The number of nitrogens with two attached hydrogens (primary N) is 1. The van der Waals surface area contributed by atoms with Crippen LogP contribution >= 0.6 is 0 Å². The Bertz CT molecular complexity index is 785. The van der Waals surface area contributed by atoms with E-state index in [0.29, 0.717) is 0 Å². The summed E-state index contributed by atoms with van der Waals surface area (Å²) in [6, 6.07) is 1.87. The van der Waals surface area contributed by atoms with E-state index in [9.17, 15) is 26.0 Å². The molecule has 5 nitrogen and oxygen atoms in total. The summed E-state index contributed by atoms with van der Waals surface area (Å²) >= 11 is 0. The minimum Gasteiger partial charge on any atom is -0.384 e. The summed E-state index contributed by atoms with van der Waals surface area (Å²) in [5, 5.41) is 0. The van der Waals surface area contributed by atoms with Gasteiger partial charge >= 0.3 is 0 Å². The van der Waals surface area contributed by atoms with Crippen LogP contribution in [0, 0.1) is 23.3 Å². The molecule has 0 bridgehead atoms. The maximum atomic E-state index is 13.4. The van der Waals surface area contributed by atoms with Crippen molar-refractivity contribution in [2.45, 2.75) is 4.90 Å². The molecule has 0 unspecified atom stereocenters. The Morgan fingerprint density at radius 3 is 2.14 bits per heavy atom. The Balaban J connectivity index is 2.52. The zero-order chi connectivity index (χ0) is 15.8. The molecule has 21 heavy (non-hydrogen) atoms. The first-order valence-corrected chi connectivity index (χ1v) is 6.78. The highest BCUT2D eigenvalue weighted by molar-refractivity contribution is 7.92. The zero-order valence-corrected chi connectivity index (χ0v) is 10.9. The number of nitrogens with one attached hydrogen (secondary N) is 1. The average molecular weight is 321 g/mol. The number of aromatic nitrogens is 1. The van der Waals surface area contributed by atoms with Gasteiger partial charge in [-0.25, -0.2) is 31.0 Å². The molecule has 1 heterocycles. The van der Waals surface area contributed by atoms with E-state index in [1.165, 1.54) is 4.72 Å². The number of nitrogens with zero attached hydrogens (tertiary/aromatic N) is 1. The first-order valence-electron chi connectivity index (χ1n) is 5.29. The summed E-state index contributed by atoms with van der Waals surface area (Å²) in [5.74, 6) is -7.36. The van der Waals surface area contributed by atoms with E-state index in [4.69, 9.17) is 5.73 Å². The summed E-state index contributed by atoms with van der Waals surface area (Å²) in [7, 11) is -4.50. The van der Waals surface area contributed by atoms with Gasteiger partial charge in [-0.05, 0) is 6.07 Å². The van der Waals surface area contributed by atoms with Crippen LogP contribution in [-0.4, -0.2) is 13.4 Å². The Morgan fingerprint density at radius 1 is 1.05 bits per heavy atom. The van der Waals surface area contributed by atoms with E-state index in [2.05, 4.69) is 4.98 Å². The van der Waals surface area contributed by atoms with Crippen LogP contribution in [-0.2, 0) is 10.0 Å². The number of hydrogen-bond acceptors (Lipinski definition) is 4. The number of halogens is 4. The molecule has 1 aromatic heterocycles. The zero-order valence-electron chi connectivity index (χ0n) is 10.1. The molecule has 0 amide bonds. The Kier molecular flexibility index (Phi) is 3.73. The first kappa shape index (κ1) is 15.0. The largest absolute Gasteiger partial charge is 0.384 e. The van der Waals surface area contributed by atoms with Crippen molar-refractivity contribution in [1.82, 2.24) is 4.98 Å². The molecular formula is C11H7F4N3O2S. The highest BCUT2D eigenvalue weighted by Crippen LogP contribution is 2.26. The summed E-state index contributed by atoms with van der Waals surface area (Å²) in [6.07, 6.45) is 1.04. The molecule has 0 spiro atoms. The lowest BCUT2D eigenvalue weighted by Gasteiger charge is -2.11. The molecule has 112 valence electrons. The van der Waals surface area contributed by atoms with Gasteiger partial charge in [-0.2, -0.15) is 0 Å². The Hall–Kier alpha value is -2.36. The van der Waals surface area contributed by atoms with Crippen molar-refractivity contribution in [3.63, 3.8) is 0 Å². The van der Waals surface area contributed by atoms with Crippen molar-refractivity contribution in [2.75, 3.05) is 10.5 Å². The van der Waals surface area contributed by atoms with Crippen LogP contribution in [0.3, 0.4) is 0 Å². The molecule has 2 rings (SSSR count). The van der Waals surface area contributed by atoms with E-state index in [1.54, 1.807) is 0 Å². The van der Waals surface area contributed by atoms with Gasteiger partial charge < -0.3 is 5.73 Å². The second-order valence-electron chi connectivity index (χ2n) is 3.87. The molecule has 0 aliphatic carbocycles. The van der Waals surface area contributed by atoms with Crippen molar-refractivity contribution in [3.05, 3.63) is 47.7 Å². The average Bonchev–Trinajstić information content (AvgIpc) is 2.41. The lowest BCUT2D eigenvalue weighted by molar-refractivity contribution is 0.459. The monoisotopic (exact) mass is 321 g/mol. The molecule has 0 aliphatic rings. The number of hydrogen-bond donors (Lipinski definition) is 2. The van der Waals surface area contributed by atoms with Crippen LogP contribution in [0.15, 0.2) is 29.3 Å². The fraction of sp³-hybridized carbons (Fsp3) is 0. The predicted octanol–water partition coefficient (Wildman–Crippen LogP) is 2.02. The lowest BCUT2D eigenvalue weighted by atomic mass is 10.3. The predicted molar refractivity (Wildman–Crippen MR) is 65.7 cm³/mol. The van der Waals surface area contributed by atoms with Crippen LogP contribution in [0.25, 0.3) is 0 Å². The van der Waals surface area contributed by atoms with E-state index in [0.717, 1.165) is 18.3 Å². The number of pyridine rings is 1. The molecule has 0 saturated heterocycles. The summed E-state index contributed by atoms with van der Waals surface area (Å²) in [6.45, 7) is 0. The van der Waals surface area contributed by atoms with Crippen molar-refractivity contribution in [1.29, 1.82) is 0 Å². The molecule has 2 aromatic rings. The fourth-order valence-electron chi connectivity index (χ4n) is 1.45. The highest BCUT2D eigenvalue weighted by atomic mass is 32.2. The van der Waals surface area contributed by atoms with Gasteiger partial charge in [0, 0.05) is 18.3 Å². The maximum Gasteiger partial charge on any atom is 0.262 e. The van der Waals surface area contributed by atoms with Crippen molar-refractivity contribution in [2.24, 2.45) is 0 Å². The third-order valence-electron chi connectivity index (χ3n) is 2.41. The molecule has 10 heteroatoms. The lowest BCUT2D eigenvalue weighted by Crippen LogP contribution is -2.17. The molecule has 0 saturated carbocycles. The third kappa shape index (κ3) is 2.89. The highest BCUT2D eigenvalue weighted by Gasteiger charge is 2.24. The second-order valence-corrected chi connectivity index (χ2v) is 5.55. The molecule has 0 atom stereocenters. The Morgan fingerprint density at radius 2 is 1.62 bits per heavy atom. The van der Waals surface area contributed by atoms with Crippen molar-refractivity contribution in [3.8, 4) is 0 Å². The molecule has 3 N–H and O–H groups in total. The summed E-state index contributed by atoms with van der Waals surface area (Å²) in [4.78, 5) is 3.07. The molecule has 0 radical (unpaired) electrons. The number of sulfonamides is 1. The standard InChI is InChI=1S/C11H7F4N3O2S/c12-6-4-7(13)10(15)11(9(6)14)18-21(19,20)5-1-2-17-8(16)3-5/h1-4,18H,(H2,16,17). The molecule has 0 aliphatic heterocycles. The van der Waals surface area contributed by atoms with Crippen LogP contribution in [0.5, 0.6) is 0 Å². The van der Waals surface area contributed by atoms with E-state index >= 15 is 0 Å². The minimum absolute atomic E-state index is 0.0348. The van der Waals surface area contributed by atoms with Crippen molar-refractivity contribution < 1.29 is 26.0 Å². The van der Waals surface area contributed by atoms with Gasteiger partial charge in [-0.3, -0.25) is 4.72 Å². The smallest absolute Gasteiger partial charge is 0.262 e. The number of benzene rings is 1. The van der Waals surface area contributed by atoms with Gasteiger partial charge in [-0.1, -0.05) is 0 Å². The number of anilines is 2. The summed E-state index contributed by atoms with van der Waals surface area (Å²) in [5.41, 5.74) is 3.83. The van der Waals surface area contributed by atoms with Crippen LogP contribution < -0.4 is 10.5 Å². The SMILES string of the molecule is Nc1cc(S(=O)(=O)Nc2c(F)c(F)cc(F)c2F)ccn1. The normalized spacial score (nSPS) is 11.4. The second kappa shape index (κ2) is 5.20. The maximum absolute atomic E-state index is 13.4. The quantitative estimate of drug-likeness (QED) is 0.669. The van der Waals surface area contributed by atoms with Gasteiger partial charge in [0.2, 0.25) is 0 Å². The van der Waals surface area contributed by atoms with E-state index in [1.807, 2.05) is 0 Å². The molecular weight excluding hydrogens is 314 g/mol. The van der Waals surface area contributed by atoms with Crippen LogP contribution in [0.4, 0.5) is 29.1 Å². The fourth-order valence-corrected chi connectivity index (χ4v) is 2.53. The van der Waals surface area contributed by atoms with Gasteiger partial charge in [0.15, 0.2) is 23.3 Å². The van der Waals surface area contributed by atoms with Gasteiger partial charge in [-0.15, -0.1) is 0 Å². The van der Waals surface area contributed by atoms with Gasteiger partial charge in [0.05, 0.1) is 4.90 Å². The first-order chi connectivity index (χ1) is 9.72. The van der Waals surface area contributed by atoms with Crippen molar-refractivity contribution >= 4 is 21.5 Å². The van der Waals surface area contributed by atoms with E-state index in [-0.39, 0.29) is 11.9 Å². The third-order valence-corrected chi connectivity index (χ3v) is 3.76. The van der Waals surface area contributed by atoms with Gasteiger partial charge in [0.1, 0.15) is 11.5 Å². The van der Waals surface area contributed by atoms with Crippen LogP contribution in [0.2, 0.25) is 0 Å². The summed E-state index contributed by atoms with van der Waals surface area (Å²) < 4.78 is 78.1. The topological polar surface area (TPSA) is 85.1 Å². The van der Waals surface area contributed by atoms with Gasteiger partial charge in [0.25, 0.3) is 10.0 Å². The van der Waals surface area contributed by atoms with E-state index < -0.39 is 43.9 Å². The van der Waals surface area contributed by atoms with Crippen LogP contribution in [0.1, 0.15) is 0 Å². The Labute approximate surface area is 116 Å². The molecule has 1 aromatic carbocycles.